The summed E-state index contributed by atoms with van der Waals surface area (Å²) in [4.78, 5) is 11.8. The van der Waals surface area contributed by atoms with Crippen molar-refractivity contribution < 1.29 is 9.53 Å². The van der Waals surface area contributed by atoms with Gasteiger partial charge < -0.3 is 15.4 Å². The third-order valence-corrected chi connectivity index (χ3v) is 2.71. The Morgan fingerprint density at radius 3 is 2.26 bits per heavy atom. The molecular weight excluding hydrogens is 240 g/mol. The third kappa shape index (κ3) is 5.30. The van der Waals surface area contributed by atoms with Crippen LogP contribution in [0.25, 0.3) is 0 Å². The largest absolute Gasteiger partial charge is 0.444 e. The Balaban J connectivity index is 2.65. The van der Waals surface area contributed by atoms with Crippen LogP contribution in [-0.4, -0.2) is 24.8 Å². The van der Waals surface area contributed by atoms with E-state index in [0.29, 0.717) is 0 Å². The van der Waals surface area contributed by atoms with Crippen molar-refractivity contribution in [3.05, 3.63) is 35.9 Å². The summed E-state index contributed by atoms with van der Waals surface area (Å²) < 4.78 is 5.26. The number of carbonyl (C=O) groups excluding carboxylic acids is 1. The second-order valence-corrected chi connectivity index (χ2v) is 5.61. The second kappa shape index (κ2) is 6.57. The minimum Gasteiger partial charge on any atom is -0.444 e. The molecule has 1 aromatic carbocycles. The molecule has 0 aliphatic rings. The van der Waals surface area contributed by atoms with Crippen LogP contribution in [0.1, 0.15) is 39.3 Å². The van der Waals surface area contributed by atoms with E-state index in [1.165, 1.54) is 0 Å². The number of carbonyl (C=O) groups is 1. The van der Waals surface area contributed by atoms with Gasteiger partial charge in [-0.15, -0.1) is 0 Å². The van der Waals surface area contributed by atoms with Gasteiger partial charge in [-0.1, -0.05) is 30.3 Å². The number of hydrogen-bond donors (Lipinski definition) is 2. The molecule has 4 heteroatoms. The first kappa shape index (κ1) is 15.5. The molecule has 2 unspecified atom stereocenters. The fourth-order valence-electron chi connectivity index (χ4n) is 1.94. The molecule has 2 atom stereocenters. The highest BCUT2D eigenvalue weighted by Gasteiger charge is 2.22. The van der Waals surface area contributed by atoms with E-state index in [0.717, 1.165) is 5.56 Å². The lowest BCUT2D eigenvalue weighted by Crippen LogP contribution is -2.43. The average Bonchev–Trinajstić information content (AvgIpc) is 2.28. The highest BCUT2D eigenvalue weighted by Crippen LogP contribution is 2.16. The summed E-state index contributed by atoms with van der Waals surface area (Å²) in [5.41, 5.74) is 0.652. The van der Waals surface area contributed by atoms with E-state index in [1.54, 1.807) is 0 Å². The second-order valence-electron chi connectivity index (χ2n) is 5.61. The Bertz CT molecular complexity index is 398. The van der Waals surface area contributed by atoms with E-state index in [2.05, 4.69) is 10.6 Å². The molecule has 106 valence electrons. The molecule has 0 bridgehead atoms. The monoisotopic (exact) mass is 264 g/mol. The van der Waals surface area contributed by atoms with Crippen molar-refractivity contribution in [3.8, 4) is 0 Å². The van der Waals surface area contributed by atoms with Gasteiger partial charge in [0.05, 0.1) is 6.04 Å². The summed E-state index contributed by atoms with van der Waals surface area (Å²) in [6.45, 7) is 7.51. The summed E-state index contributed by atoms with van der Waals surface area (Å²) >= 11 is 0. The SMILES string of the molecule is CNC(c1ccccc1)C(C)NC(=O)OC(C)(C)C. The van der Waals surface area contributed by atoms with E-state index >= 15 is 0 Å². The van der Waals surface area contributed by atoms with Crippen molar-refractivity contribution in [1.82, 2.24) is 10.6 Å². The molecule has 2 N–H and O–H groups in total. The maximum atomic E-state index is 11.8. The van der Waals surface area contributed by atoms with Crippen LogP contribution in [0, 0.1) is 0 Å². The minimum atomic E-state index is -0.480. The summed E-state index contributed by atoms with van der Waals surface area (Å²) in [7, 11) is 1.88. The third-order valence-electron chi connectivity index (χ3n) is 2.71. The first-order chi connectivity index (χ1) is 8.83. The molecule has 0 fully saturated rings. The predicted molar refractivity (Wildman–Crippen MR) is 77.1 cm³/mol. The van der Waals surface area contributed by atoms with Crippen LogP contribution < -0.4 is 10.6 Å². The van der Waals surface area contributed by atoms with Crippen LogP contribution in [-0.2, 0) is 4.74 Å². The van der Waals surface area contributed by atoms with E-state index in [-0.39, 0.29) is 12.1 Å². The first-order valence-electron chi connectivity index (χ1n) is 6.55. The molecule has 0 aromatic heterocycles. The summed E-state index contributed by atoms with van der Waals surface area (Å²) in [6.07, 6.45) is -0.392. The lowest BCUT2D eigenvalue weighted by Gasteiger charge is -2.27. The van der Waals surface area contributed by atoms with Crippen LogP contribution in [0.3, 0.4) is 0 Å². The fraction of sp³-hybridized carbons (Fsp3) is 0.533. The number of rotatable bonds is 4. The average molecular weight is 264 g/mol. The topological polar surface area (TPSA) is 50.4 Å². The zero-order valence-corrected chi connectivity index (χ0v) is 12.4. The predicted octanol–water partition coefficient (Wildman–Crippen LogP) is 2.86. The number of likely N-dealkylation sites (N-methyl/N-ethyl adjacent to an activating group) is 1. The maximum Gasteiger partial charge on any atom is 0.407 e. The van der Waals surface area contributed by atoms with Gasteiger partial charge in [0.25, 0.3) is 0 Å². The standard InChI is InChI=1S/C15H24N2O2/c1-11(17-14(18)19-15(2,3)4)13(16-5)12-9-7-6-8-10-12/h6-11,13,16H,1-5H3,(H,17,18). The van der Waals surface area contributed by atoms with Crippen molar-refractivity contribution >= 4 is 6.09 Å². The van der Waals surface area contributed by atoms with Gasteiger partial charge in [0.15, 0.2) is 0 Å². The molecule has 0 saturated heterocycles. The molecule has 0 aliphatic carbocycles. The van der Waals surface area contributed by atoms with Crippen LogP contribution >= 0.6 is 0 Å². The van der Waals surface area contributed by atoms with Crippen LogP contribution in [0.2, 0.25) is 0 Å². The summed E-state index contributed by atoms with van der Waals surface area (Å²) in [5.74, 6) is 0. The van der Waals surface area contributed by atoms with Crippen LogP contribution in [0.15, 0.2) is 30.3 Å². The number of amides is 1. The molecule has 1 rings (SSSR count). The van der Waals surface area contributed by atoms with E-state index in [9.17, 15) is 4.79 Å². The molecule has 0 heterocycles. The van der Waals surface area contributed by atoms with Gasteiger partial charge in [-0.05, 0) is 40.3 Å². The summed E-state index contributed by atoms with van der Waals surface area (Å²) in [5, 5.41) is 6.08. The smallest absolute Gasteiger partial charge is 0.407 e. The molecule has 4 nitrogen and oxygen atoms in total. The number of nitrogens with one attached hydrogen (secondary N) is 2. The van der Waals surface area contributed by atoms with Crippen LogP contribution in [0.5, 0.6) is 0 Å². The number of benzene rings is 1. The zero-order valence-electron chi connectivity index (χ0n) is 12.4. The van der Waals surface area contributed by atoms with Gasteiger partial charge in [-0.2, -0.15) is 0 Å². The molecule has 0 saturated carbocycles. The zero-order chi connectivity index (χ0) is 14.5. The number of alkyl carbamates (subject to hydrolysis) is 1. The van der Waals surface area contributed by atoms with E-state index in [4.69, 9.17) is 4.74 Å². The van der Waals surface area contributed by atoms with Gasteiger partial charge in [-0.25, -0.2) is 4.79 Å². The summed E-state index contributed by atoms with van der Waals surface area (Å²) in [6, 6.07) is 10.0. The Hall–Kier alpha value is -1.55. The number of hydrogen-bond acceptors (Lipinski definition) is 3. The normalized spacial score (nSPS) is 14.6. The maximum absolute atomic E-state index is 11.8. The molecule has 0 spiro atoms. The quantitative estimate of drug-likeness (QED) is 0.879. The van der Waals surface area contributed by atoms with Crippen molar-refractivity contribution in [2.45, 2.75) is 45.4 Å². The fourth-order valence-corrected chi connectivity index (χ4v) is 1.94. The van der Waals surface area contributed by atoms with E-state index in [1.807, 2.05) is 65.1 Å². The molecule has 19 heavy (non-hydrogen) atoms. The first-order valence-corrected chi connectivity index (χ1v) is 6.55. The molecule has 1 aromatic rings. The van der Waals surface area contributed by atoms with Crippen molar-refractivity contribution in [3.63, 3.8) is 0 Å². The Morgan fingerprint density at radius 1 is 1.21 bits per heavy atom. The number of ether oxygens (including phenoxy) is 1. The molecular formula is C15H24N2O2. The van der Waals surface area contributed by atoms with Gasteiger partial charge in [0.1, 0.15) is 5.60 Å². The highest BCUT2D eigenvalue weighted by molar-refractivity contribution is 5.68. The molecule has 1 amide bonds. The van der Waals surface area contributed by atoms with Gasteiger partial charge in [0.2, 0.25) is 0 Å². The molecule has 0 aliphatic heterocycles. The molecule has 0 radical (unpaired) electrons. The Kier molecular flexibility index (Phi) is 5.36. The Morgan fingerprint density at radius 2 is 1.79 bits per heavy atom. The lowest BCUT2D eigenvalue weighted by atomic mass is 10.0. The van der Waals surface area contributed by atoms with Gasteiger partial charge >= 0.3 is 6.09 Å². The van der Waals surface area contributed by atoms with Crippen molar-refractivity contribution in [2.24, 2.45) is 0 Å². The van der Waals surface area contributed by atoms with E-state index < -0.39 is 11.7 Å². The van der Waals surface area contributed by atoms with Crippen molar-refractivity contribution in [1.29, 1.82) is 0 Å². The van der Waals surface area contributed by atoms with Gasteiger partial charge in [0, 0.05) is 6.04 Å². The van der Waals surface area contributed by atoms with Crippen LogP contribution in [0.4, 0.5) is 4.79 Å². The minimum absolute atomic E-state index is 0.0497. The van der Waals surface area contributed by atoms with Gasteiger partial charge in [-0.3, -0.25) is 0 Å². The lowest BCUT2D eigenvalue weighted by molar-refractivity contribution is 0.0498. The van der Waals surface area contributed by atoms with Crippen molar-refractivity contribution in [2.75, 3.05) is 7.05 Å². The highest BCUT2D eigenvalue weighted by atomic mass is 16.6. The Labute approximate surface area is 115 Å².